The van der Waals surface area contributed by atoms with Crippen LogP contribution in [0.5, 0.6) is 0 Å². The van der Waals surface area contributed by atoms with Crippen molar-refractivity contribution in [3.05, 3.63) is 52.3 Å². The molecule has 154 valence electrons. The van der Waals surface area contributed by atoms with Crippen LogP contribution in [-0.2, 0) is 14.3 Å². The lowest BCUT2D eigenvalue weighted by atomic mass is 10.1. The third-order valence-corrected chi connectivity index (χ3v) is 5.03. The molecule has 1 aliphatic rings. The third-order valence-electron chi connectivity index (χ3n) is 5.03. The van der Waals surface area contributed by atoms with E-state index < -0.39 is 11.8 Å². The molecule has 2 heterocycles. The summed E-state index contributed by atoms with van der Waals surface area (Å²) in [5, 5.41) is 6.53. The molecule has 1 atom stereocenters. The van der Waals surface area contributed by atoms with E-state index >= 15 is 0 Å². The summed E-state index contributed by atoms with van der Waals surface area (Å²) >= 11 is 0. The van der Waals surface area contributed by atoms with E-state index in [1.807, 2.05) is 19.9 Å². The smallest absolute Gasteiger partial charge is 0.329 e. The molecule has 0 spiro atoms. The number of aromatic nitrogens is 1. The second-order valence-corrected chi connectivity index (χ2v) is 7.55. The van der Waals surface area contributed by atoms with Crippen LogP contribution < -0.4 is 10.7 Å². The van der Waals surface area contributed by atoms with Crippen molar-refractivity contribution >= 4 is 18.0 Å². The molecule has 2 N–H and O–H groups in total. The Labute approximate surface area is 171 Å². The molecule has 7 nitrogen and oxygen atoms in total. The molecule has 1 aromatic heterocycles. The third kappa shape index (κ3) is 5.12. The molecular weight excluding hydrogens is 368 g/mol. The minimum absolute atomic E-state index is 0.00843. The number of amides is 2. The van der Waals surface area contributed by atoms with Crippen LogP contribution in [0, 0.1) is 27.7 Å². The molecule has 2 amide bonds. The van der Waals surface area contributed by atoms with Crippen molar-refractivity contribution in [1.29, 1.82) is 0 Å². The molecule has 29 heavy (non-hydrogen) atoms. The maximum absolute atomic E-state index is 11.9. The number of rotatable bonds is 5. The van der Waals surface area contributed by atoms with Crippen molar-refractivity contribution in [3.8, 4) is 5.69 Å². The van der Waals surface area contributed by atoms with Crippen LogP contribution in [0.1, 0.15) is 40.9 Å². The maximum atomic E-state index is 11.9. The van der Waals surface area contributed by atoms with E-state index in [9.17, 15) is 9.59 Å². The number of hydrogen-bond acceptors (Lipinski definition) is 4. The molecule has 3 rings (SSSR count). The van der Waals surface area contributed by atoms with Gasteiger partial charge in [0.1, 0.15) is 0 Å². The summed E-state index contributed by atoms with van der Waals surface area (Å²) in [6.07, 6.45) is 3.44. The summed E-state index contributed by atoms with van der Waals surface area (Å²) in [5.74, 6) is -1.50. The lowest BCUT2D eigenvalue weighted by Gasteiger charge is -2.11. The number of ether oxygens (including phenoxy) is 1. The topological polar surface area (TPSA) is 84.7 Å². The SMILES string of the molecule is Cc1cc(C)cc(-n2c(C)cc(/C=N\NC(=O)C(=O)NC[C@@H]3CCCO3)c2C)c1. The van der Waals surface area contributed by atoms with Crippen molar-refractivity contribution in [1.82, 2.24) is 15.3 Å². The van der Waals surface area contributed by atoms with Gasteiger partial charge in [-0.3, -0.25) is 9.59 Å². The van der Waals surface area contributed by atoms with Crippen LogP contribution in [0.4, 0.5) is 0 Å². The lowest BCUT2D eigenvalue weighted by Crippen LogP contribution is -2.41. The number of nitrogens with zero attached hydrogens (tertiary/aromatic N) is 2. The summed E-state index contributed by atoms with van der Waals surface area (Å²) in [6, 6.07) is 8.40. The molecule has 0 aliphatic carbocycles. The summed E-state index contributed by atoms with van der Waals surface area (Å²) < 4.78 is 7.57. The predicted molar refractivity (Wildman–Crippen MR) is 112 cm³/mol. The quantitative estimate of drug-likeness (QED) is 0.463. The highest BCUT2D eigenvalue weighted by atomic mass is 16.5. The second kappa shape index (κ2) is 9.05. The van der Waals surface area contributed by atoms with Crippen LogP contribution in [-0.4, -0.2) is 41.9 Å². The minimum Gasteiger partial charge on any atom is -0.376 e. The predicted octanol–water partition coefficient (Wildman–Crippen LogP) is 2.46. The van der Waals surface area contributed by atoms with E-state index in [1.54, 1.807) is 6.21 Å². The first kappa shape index (κ1) is 20.8. The van der Waals surface area contributed by atoms with Gasteiger partial charge in [-0.05, 0) is 69.9 Å². The zero-order chi connectivity index (χ0) is 21.0. The highest BCUT2D eigenvalue weighted by Gasteiger charge is 2.19. The van der Waals surface area contributed by atoms with Gasteiger partial charge in [0, 0.05) is 35.8 Å². The van der Waals surface area contributed by atoms with Crippen LogP contribution in [0.3, 0.4) is 0 Å². The van der Waals surface area contributed by atoms with Crippen molar-refractivity contribution in [2.24, 2.45) is 5.10 Å². The fraction of sp³-hybridized carbons (Fsp3) is 0.409. The zero-order valence-corrected chi connectivity index (χ0v) is 17.4. The standard InChI is InChI=1S/C22H28N4O3/c1-14-8-15(2)10-19(9-14)26-16(3)11-18(17(26)4)12-24-25-22(28)21(27)23-13-20-6-5-7-29-20/h8-12,20H,5-7,13H2,1-4H3,(H,23,27)(H,25,28)/b24-12-/t20-/m0/s1. The van der Waals surface area contributed by atoms with Gasteiger partial charge in [0.2, 0.25) is 0 Å². The van der Waals surface area contributed by atoms with Crippen LogP contribution in [0.25, 0.3) is 5.69 Å². The minimum atomic E-state index is -0.789. The maximum Gasteiger partial charge on any atom is 0.329 e. The molecule has 0 bridgehead atoms. The number of nitrogens with one attached hydrogen (secondary N) is 2. The van der Waals surface area contributed by atoms with Crippen LogP contribution in [0.15, 0.2) is 29.4 Å². The number of aryl methyl sites for hydroxylation is 3. The fourth-order valence-corrected chi connectivity index (χ4v) is 3.70. The highest BCUT2D eigenvalue weighted by molar-refractivity contribution is 6.35. The van der Waals surface area contributed by atoms with E-state index in [1.165, 1.54) is 11.1 Å². The van der Waals surface area contributed by atoms with Gasteiger partial charge in [0.25, 0.3) is 0 Å². The van der Waals surface area contributed by atoms with Gasteiger partial charge >= 0.3 is 11.8 Å². The Hall–Kier alpha value is -2.93. The monoisotopic (exact) mass is 396 g/mol. The summed E-state index contributed by atoms with van der Waals surface area (Å²) in [4.78, 5) is 23.8. The normalized spacial score (nSPS) is 16.3. The van der Waals surface area contributed by atoms with Gasteiger partial charge in [-0.2, -0.15) is 5.10 Å². The van der Waals surface area contributed by atoms with Gasteiger partial charge in [0.15, 0.2) is 0 Å². The van der Waals surface area contributed by atoms with Crippen molar-refractivity contribution in [2.75, 3.05) is 13.2 Å². The number of carbonyl (C=O) groups excluding carboxylic acids is 2. The molecule has 1 fully saturated rings. The molecule has 1 aliphatic heterocycles. The molecule has 1 aromatic carbocycles. The molecule has 7 heteroatoms. The van der Waals surface area contributed by atoms with Gasteiger partial charge < -0.3 is 14.6 Å². The van der Waals surface area contributed by atoms with Crippen molar-refractivity contribution in [2.45, 2.75) is 46.6 Å². The number of benzene rings is 1. The van der Waals surface area contributed by atoms with E-state index in [4.69, 9.17) is 4.74 Å². The van der Waals surface area contributed by atoms with Gasteiger partial charge in [-0.1, -0.05) is 6.07 Å². The first-order valence-electron chi connectivity index (χ1n) is 9.85. The van der Waals surface area contributed by atoms with E-state index in [0.717, 1.165) is 35.5 Å². The Kier molecular flexibility index (Phi) is 6.49. The lowest BCUT2D eigenvalue weighted by molar-refractivity contribution is -0.139. The Morgan fingerprint density at radius 1 is 1.14 bits per heavy atom. The molecular formula is C22H28N4O3. The van der Waals surface area contributed by atoms with Crippen LogP contribution >= 0.6 is 0 Å². The van der Waals surface area contributed by atoms with Gasteiger partial charge in [-0.25, -0.2) is 5.43 Å². The fourth-order valence-electron chi connectivity index (χ4n) is 3.70. The van der Waals surface area contributed by atoms with Gasteiger partial charge in [0.05, 0.1) is 12.3 Å². The average molecular weight is 396 g/mol. The highest BCUT2D eigenvalue weighted by Crippen LogP contribution is 2.21. The first-order valence-corrected chi connectivity index (χ1v) is 9.85. The van der Waals surface area contributed by atoms with Gasteiger partial charge in [-0.15, -0.1) is 0 Å². The van der Waals surface area contributed by atoms with E-state index in [2.05, 4.69) is 52.5 Å². The number of hydrazone groups is 1. The number of hydrogen-bond donors (Lipinski definition) is 2. The second-order valence-electron chi connectivity index (χ2n) is 7.55. The molecule has 2 aromatic rings. The Morgan fingerprint density at radius 2 is 1.86 bits per heavy atom. The van der Waals surface area contributed by atoms with Crippen LogP contribution in [0.2, 0.25) is 0 Å². The Morgan fingerprint density at radius 3 is 2.52 bits per heavy atom. The zero-order valence-electron chi connectivity index (χ0n) is 17.4. The first-order chi connectivity index (χ1) is 13.8. The van der Waals surface area contributed by atoms with Crippen molar-refractivity contribution in [3.63, 3.8) is 0 Å². The Balaban J connectivity index is 1.63. The number of carbonyl (C=O) groups is 2. The molecule has 0 unspecified atom stereocenters. The largest absolute Gasteiger partial charge is 0.376 e. The summed E-state index contributed by atoms with van der Waals surface area (Å²) in [7, 11) is 0. The summed E-state index contributed by atoms with van der Waals surface area (Å²) in [6.45, 7) is 9.23. The summed E-state index contributed by atoms with van der Waals surface area (Å²) in [5.41, 5.74) is 8.73. The molecule has 0 saturated carbocycles. The van der Waals surface area contributed by atoms with Crippen molar-refractivity contribution < 1.29 is 14.3 Å². The molecule has 0 radical (unpaired) electrons. The Bertz CT molecular complexity index is 920. The van der Waals surface area contributed by atoms with E-state index in [0.29, 0.717) is 13.2 Å². The van der Waals surface area contributed by atoms with E-state index in [-0.39, 0.29) is 6.10 Å². The molecule has 1 saturated heterocycles. The average Bonchev–Trinajstić information content (AvgIpc) is 3.27.